The number of aromatic nitrogens is 1. The first-order chi connectivity index (χ1) is 9.11. The van der Waals surface area contributed by atoms with E-state index in [1.165, 1.54) is 0 Å². The fourth-order valence-corrected chi connectivity index (χ4v) is 1.98. The number of benzene rings is 1. The van der Waals surface area contributed by atoms with Crippen LogP contribution in [0, 0.1) is 0 Å². The van der Waals surface area contributed by atoms with Gasteiger partial charge in [0.2, 0.25) is 0 Å². The molecule has 0 aliphatic carbocycles. The van der Waals surface area contributed by atoms with Crippen LogP contribution in [0.2, 0.25) is 0 Å². The minimum Gasteiger partial charge on any atom is -0.465 e. The number of carbonyl (C=O) groups is 2. The van der Waals surface area contributed by atoms with Crippen LogP contribution in [0.3, 0.4) is 0 Å². The summed E-state index contributed by atoms with van der Waals surface area (Å²) in [4.78, 5) is 25.3. The third-order valence-corrected chi connectivity index (χ3v) is 2.86. The standard InChI is InChI=1S/C12H14N4O3.ClH/c13-16-11(17)10(15-12(18)19)5-7-6-14-9-4-2-1-3-8(7)9;/h1-4,6,10,14-15H,5,13H2,(H,16,17)(H,18,19);1H/t10-;/m0./s1. The zero-order chi connectivity index (χ0) is 13.8. The molecular weight excluding hydrogens is 284 g/mol. The highest BCUT2D eigenvalue weighted by Crippen LogP contribution is 2.19. The fraction of sp³-hybridized carbons (Fsp3) is 0.167. The number of carboxylic acid groups (broad SMARTS) is 1. The highest BCUT2D eigenvalue weighted by molar-refractivity contribution is 5.87. The third kappa shape index (κ3) is 3.40. The van der Waals surface area contributed by atoms with Gasteiger partial charge in [-0.2, -0.15) is 0 Å². The second-order valence-electron chi connectivity index (χ2n) is 4.07. The van der Waals surface area contributed by atoms with Crippen molar-refractivity contribution in [1.29, 1.82) is 0 Å². The van der Waals surface area contributed by atoms with Crippen molar-refractivity contribution in [2.75, 3.05) is 0 Å². The molecule has 8 heteroatoms. The van der Waals surface area contributed by atoms with E-state index < -0.39 is 18.0 Å². The molecular formula is C12H15ClN4O3. The van der Waals surface area contributed by atoms with Crippen molar-refractivity contribution >= 4 is 35.3 Å². The Kier molecular flexibility index (Phi) is 5.36. The average Bonchev–Trinajstić information content (AvgIpc) is 2.80. The molecule has 0 aliphatic rings. The lowest BCUT2D eigenvalue weighted by atomic mass is 10.0. The first kappa shape index (κ1) is 15.8. The first-order valence-corrected chi connectivity index (χ1v) is 5.66. The van der Waals surface area contributed by atoms with Crippen LogP contribution in [0.15, 0.2) is 30.5 Å². The summed E-state index contributed by atoms with van der Waals surface area (Å²) in [5.41, 5.74) is 3.73. The van der Waals surface area contributed by atoms with E-state index in [0.29, 0.717) is 0 Å². The minimum atomic E-state index is -1.27. The summed E-state index contributed by atoms with van der Waals surface area (Å²) in [7, 11) is 0. The lowest BCUT2D eigenvalue weighted by Gasteiger charge is -2.14. The predicted octanol–water partition coefficient (Wildman–Crippen LogP) is 0.758. The number of amides is 2. The zero-order valence-corrected chi connectivity index (χ0v) is 11.2. The summed E-state index contributed by atoms with van der Waals surface area (Å²) in [5, 5.41) is 11.8. The number of hydrazine groups is 1. The van der Waals surface area contributed by atoms with Gasteiger partial charge in [-0.1, -0.05) is 18.2 Å². The Bertz CT molecular complexity index is 614. The Morgan fingerprint density at radius 3 is 2.70 bits per heavy atom. The van der Waals surface area contributed by atoms with Gasteiger partial charge in [-0.05, 0) is 11.6 Å². The number of hydrogen-bond donors (Lipinski definition) is 5. The number of para-hydroxylation sites is 1. The van der Waals surface area contributed by atoms with Gasteiger partial charge in [0.1, 0.15) is 6.04 Å². The largest absolute Gasteiger partial charge is 0.465 e. The van der Waals surface area contributed by atoms with Crippen LogP contribution in [0.25, 0.3) is 10.9 Å². The van der Waals surface area contributed by atoms with Crippen LogP contribution in [-0.2, 0) is 11.2 Å². The summed E-state index contributed by atoms with van der Waals surface area (Å²) in [6.07, 6.45) is 0.707. The fourth-order valence-electron chi connectivity index (χ4n) is 1.98. The maximum absolute atomic E-state index is 11.5. The Labute approximate surface area is 120 Å². The van der Waals surface area contributed by atoms with Crippen molar-refractivity contribution in [3.05, 3.63) is 36.0 Å². The van der Waals surface area contributed by atoms with Crippen LogP contribution in [0.1, 0.15) is 5.56 Å². The molecule has 2 amide bonds. The number of hydrogen-bond acceptors (Lipinski definition) is 3. The molecule has 2 rings (SSSR count). The van der Waals surface area contributed by atoms with Crippen molar-refractivity contribution in [1.82, 2.24) is 15.7 Å². The highest BCUT2D eigenvalue weighted by atomic mass is 35.5. The molecule has 0 bridgehead atoms. The molecule has 6 N–H and O–H groups in total. The van der Waals surface area contributed by atoms with E-state index in [1.54, 1.807) is 6.20 Å². The van der Waals surface area contributed by atoms with Gasteiger partial charge in [0.25, 0.3) is 5.91 Å². The van der Waals surface area contributed by atoms with Crippen molar-refractivity contribution in [2.24, 2.45) is 5.84 Å². The minimum absolute atomic E-state index is 0. The van der Waals surface area contributed by atoms with E-state index in [1.807, 2.05) is 29.7 Å². The lowest BCUT2D eigenvalue weighted by Crippen LogP contribution is -2.49. The molecule has 7 nitrogen and oxygen atoms in total. The van der Waals surface area contributed by atoms with Gasteiger partial charge in [-0.3, -0.25) is 10.2 Å². The number of fused-ring (bicyclic) bond motifs is 1. The summed E-state index contributed by atoms with van der Waals surface area (Å²) >= 11 is 0. The number of halogens is 1. The Morgan fingerprint density at radius 2 is 2.05 bits per heavy atom. The van der Waals surface area contributed by atoms with Gasteiger partial charge in [-0.25, -0.2) is 10.6 Å². The van der Waals surface area contributed by atoms with Gasteiger partial charge in [-0.15, -0.1) is 12.4 Å². The molecule has 0 unspecified atom stereocenters. The first-order valence-electron chi connectivity index (χ1n) is 5.66. The van der Waals surface area contributed by atoms with Crippen molar-refractivity contribution < 1.29 is 14.7 Å². The topological polar surface area (TPSA) is 120 Å². The highest BCUT2D eigenvalue weighted by Gasteiger charge is 2.21. The van der Waals surface area contributed by atoms with E-state index in [0.717, 1.165) is 16.5 Å². The Balaban J connectivity index is 0.00000200. The van der Waals surface area contributed by atoms with Gasteiger partial charge < -0.3 is 15.4 Å². The van der Waals surface area contributed by atoms with Crippen LogP contribution in [0.4, 0.5) is 4.79 Å². The van der Waals surface area contributed by atoms with E-state index >= 15 is 0 Å². The third-order valence-electron chi connectivity index (χ3n) is 2.86. The summed E-state index contributed by atoms with van der Waals surface area (Å²) < 4.78 is 0. The van der Waals surface area contributed by atoms with Gasteiger partial charge in [0.15, 0.2) is 0 Å². The van der Waals surface area contributed by atoms with Gasteiger partial charge >= 0.3 is 6.09 Å². The summed E-state index contributed by atoms with van der Waals surface area (Å²) in [6.45, 7) is 0. The Morgan fingerprint density at radius 1 is 1.35 bits per heavy atom. The van der Waals surface area contributed by atoms with Crippen LogP contribution >= 0.6 is 12.4 Å². The smallest absolute Gasteiger partial charge is 0.405 e. The summed E-state index contributed by atoms with van der Waals surface area (Å²) in [5.74, 6) is 4.47. The SMILES string of the molecule is Cl.NNC(=O)[C@H](Cc1c[nH]c2ccccc12)NC(=O)O. The predicted molar refractivity (Wildman–Crippen MR) is 76.5 cm³/mol. The second-order valence-corrected chi connectivity index (χ2v) is 4.07. The van der Waals surface area contributed by atoms with E-state index in [9.17, 15) is 9.59 Å². The van der Waals surface area contributed by atoms with Gasteiger partial charge in [0.05, 0.1) is 0 Å². The molecule has 108 valence electrons. The van der Waals surface area contributed by atoms with Crippen molar-refractivity contribution in [3.63, 3.8) is 0 Å². The molecule has 20 heavy (non-hydrogen) atoms. The van der Waals surface area contributed by atoms with E-state index in [4.69, 9.17) is 10.9 Å². The molecule has 0 radical (unpaired) electrons. The molecule has 1 heterocycles. The number of nitrogens with one attached hydrogen (secondary N) is 3. The van der Waals surface area contributed by atoms with Crippen molar-refractivity contribution in [3.8, 4) is 0 Å². The maximum atomic E-state index is 11.5. The molecule has 1 aromatic heterocycles. The number of aromatic amines is 1. The Hall–Kier alpha value is -2.25. The van der Waals surface area contributed by atoms with E-state index in [2.05, 4.69) is 10.3 Å². The molecule has 1 aromatic carbocycles. The second kappa shape index (κ2) is 6.78. The van der Waals surface area contributed by atoms with Crippen LogP contribution in [0.5, 0.6) is 0 Å². The monoisotopic (exact) mass is 298 g/mol. The molecule has 0 aliphatic heterocycles. The quantitative estimate of drug-likeness (QED) is 0.325. The molecule has 0 spiro atoms. The molecule has 1 atom stereocenters. The molecule has 0 fully saturated rings. The lowest BCUT2D eigenvalue weighted by molar-refractivity contribution is -0.123. The zero-order valence-electron chi connectivity index (χ0n) is 10.4. The molecule has 2 aromatic rings. The maximum Gasteiger partial charge on any atom is 0.405 e. The van der Waals surface area contributed by atoms with Crippen LogP contribution in [-0.4, -0.2) is 28.1 Å². The van der Waals surface area contributed by atoms with Crippen molar-refractivity contribution in [2.45, 2.75) is 12.5 Å². The summed E-state index contributed by atoms with van der Waals surface area (Å²) in [6, 6.07) is 6.65. The molecule has 0 saturated carbocycles. The average molecular weight is 299 g/mol. The number of H-pyrrole nitrogens is 1. The normalized spacial score (nSPS) is 11.4. The number of carbonyl (C=O) groups excluding carboxylic acids is 1. The number of nitrogens with two attached hydrogens (primary N) is 1. The molecule has 0 saturated heterocycles. The van der Waals surface area contributed by atoms with Crippen LogP contribution < -0.4 is 16.6 Å². The van der Waals surface area contributed by atoms with E-state index in [-0.39, 0.29) is 18.8 Å². The van der Waals surface area contributed by atoms with Gasteiger partial charge in [0, 0.05) is 23.5 Å². The number of rotatable bonds is 4.